The molecule has 4 heteroatoms. The van der Waals surface area contributed by atoms with E-state index in [2.05, 4.69) is 37.9 Å². The SMILES string of the molecule is CC(C)(C)c1cccc(-c2cncc(S(C)(=O)=O)c2)c1. The molecule has 0 bridgehead atoms. The van der Waals surface area contributed by atoms with Gasteiger partial charge in [-0.2, -0.15) is 0 Å². The van der Waals surface area contributed by atoms with Crippen molar-refractivity contribution in [1.82, 2.24) is 4.98 Å². The Balaban J connectivity index is 2.53. The second-order valence-electron chi connectivity index (χ2n) is 6.01. The number of sulfone groups is 1. The topological polar surface area (TPSA) is 47.0 Å². The highest BCUT2D eigenvalue weighted by Crippen LogP contribution is 2.28. The molecular formula is C16H19NO2S. The summed E-state index contributed by atoms with van der Waals surface area (Å²) >= 11 is 0. The molecule has 1 heterocycles. The average Bonchev–Trinajstić information content (AvgIpc) is 2.37. The minimum absolute atomic E-state index is 0.0535. The van der Waals surface area contributed by atoms with Crippen LogP contribution in [-0.4, -0.2) is 19.7 Å². The Kier molecular flexibility index (Phi) is 3.69. The summed E-state index contributed by atoms with van der Waals surface area (Å²) in [6.45, 7) is 6.45. The standard InChI is InChI=1S/C16H19NO2S/c1-16(2,3)14-7-5-6-12(8-14)13-9-15(11-17-10-13)20(4,18)19/h5-11H,1-4H3. The van der Waals surface area contributed by atoms with Crippen molar-refractivity contribution >= 4 is 9.84 Å². The van der Waals surface area contributed by atoms with Gasteiger partial charge in [-0.1, -0.05) is 45.0 Å². The number of hydrogen-bond acceptors (Lipinski definition) is 3. The zero-order valence-corrected chi connectivity index (χ0v) is 13.0. The Morgan fingerprint density at radius 2 is 1.70 bits per heavy atom. The van der Waals surface area contributed by atoms with Gasteiger partial charge in [0.05, 0.1) is 4.90 Å². The molecular weight excluding hydrogens is 270 g/mol. The third-order valence-corrected chi connectivity index (χ3v) is 4.28. The molecule has 0 aliphatic rings. The van der Waals surface area contributed by atoms with Crippen LogP contribution in [0.15, 0.2) is 47.6 Å². The molecule has 0 unspecified atom stereocenters. The van der Waals surface area contributed by atoms with Crippen LogP contribution in [0.4, 0.5) is 0 Å². The van der Waals surface area contributed by atoms with Crippen molar-refractivity contribution in [3.63, 3.8) is 0 Å². The lowest BCUT2D eigenvalue weighted by atomic mass is 9.85. The van der Waals surface area contributed by atoms with Gasteiger partial charge >= 0.3 is 0 Å². The van der Waals surface area contributed by atoms with Gasteiger partial charge in [0.25, 0.3) is 0 Å². The van der Waals surface area contributed by atoms with Crippen LogP contribution in [0, 0.1) is 0 Å². The summed E-state index contributed by atoms with van der Waals surface area (Å²) in [5.74, 6) is 0. The van der Waals surface area contributed by atoms with Crippen molar-refractivity contribution in [1.29, 1.82) is 0 Å². The highest BCUT2D eigenvalue weighted by molar-refractivity contribution is 7.90. The van der Waals surface area contributed by atoms with E-state index in [9.17, 15) is 8.42 Å². The highest BCUT2D eigenvalue weighted by atomic mass is 32.2. The first kappa shape index (κ1) is 14.7. The van der Waals surface area contributed by atoms with Crippen molar-refractivity contribution in [2.75, 3.05) is 6.26 Å². The smallest absolute Gasteiger partial charge is 0.177 e. The largest absolute Gasteiger partial charge is 0.263 e. The zero-order chi connectivity index (χ0) is 15.0. The predicted molar refractivity (Wildman–Crippen MR) is 81.5 cm³/mol. The molecule has 0 saturated carbocycles. The van der Waals surface area contributed by atoms with Crippen LogP contribution in [0.25, 0.3) is 11.1 Å². The monoisotopic (exact) mass is 289 g/mol. The first-order chi connectivity index (χ1) is 9.18. The van der Waals surface area contributed by atoms with Crippen molar-refractivity contribution in [2.45, 2.75) is 31.1 Å². The van der Waals surface area contributed by atoms with Gasteiger partial charge in [-0.25, -0.2) is 8.42 Å². The van der Waals surface area contributed by atoms with Gasteiger partial charge in [-0.05, 0) is 22.6 Å². The maximum atomic E-state index is 11.6. The van der Waals surface area contributed by atoms with Gasteiger partial charge in [0.1, 0.15) is 0 Å². The fourth-order valence-corrected chi connectivity index (χ4v) is 2.54. The number of nitrogens with zero attached hydrogens (tertiary/aromatic N) is 1. The fourth-order valence-electron chi connectivity index (χ4n) is 1.94. The van der Waals surface area contributed by atoms with Gasteiger partial charge < -0.3 is 0 Å². The lowest BCUT2D eigenvalue weighted by Gasteiger charge is -2.19. The van der Waals surface area contributed by atoms with Gasteiger partial charge in [-0.3, -0.25) is 4.98 Å². The maximum Gasteiger partial charge on any atom is 0.177 e. The van der Waals surface area contributed by atoms with Crippen LogP contribution in [0.1, 0.15) is 26.3 Å². The quantitative estimate of drug-likeness (QED) is 0.850. The van der Waals surface area contributed by atoms with E-state index >= 15 is 0 Å². The van der Waals surface area contributed by atoms with Crippen molar-refractivity contribution in [2.24, 2.45) is 0 Å². The Morgan fingerprint density at radius 3 is 2.30 bits per heavy atom. The molecule has 0 atom stereocenters. The highest BCUT2D eigenvalue weighted by Gasteiger charge is 2.15. The van der Waals surface area contributed by atoms with Gasteiger partial charge in [0, 0.05) is 24.2 Å². The minimum Gasteiger partial charge on any atom is -0.263 e. The summed E-state index contributed by atoms with van der Waals surface area (Å²) in [5.41, 5.74) is 3.06. The molecule has 0 saturated heterocycles. The third-order valence-electron chi connectivity index (χ3n) is 3.20. The summed E-state index contributed by atoms with van der Waals surface area (Å²) in [6, 6.07) is 9.80. The van der Waals surface area contributed by atoms with Gasteiger partial charge in [-0.15, -0.1) is 0 Å². The Hall–Kier alpha value is -1.68. The average molecular weight is 289 g/mol. The second-order valence-corrected chi connectivity index (χ2v) is 8.03. The molecule has 0 N–H and O–H groups in total. The molecule has 0 fully saturated rings. The number of hydrogen-bond donors (Lipinski definition) is 0. The van der Waals surface area contributed by atoms with Crippen LogP contribution >= 0.6 is 0 Å². The van der Waals surface area contributed by atoms with E-state index in [1.807, 2.05) is 12.1 Å². The molecule has 0 amide bonds. The molecule has 106 valence electrons. The number of aromatic nitrogens is 1. The van der Waals surface area contributed by atoms with E-state index in [1.54, 1.807) is 12.3 Å². The second kappa shape index (κ2) is 5.02. The first-order valence-corrected chi connectivity index (χ1v) is 8.33. The predicted octanol–water partition coefficient (Wildman–Crippen LogP) is 3.45. The van der Waals surface area contributed by atoms with E-state index in [-0.39, 0.29) is 10.3 Å². The van der Waals surface area contributed by atoms with Crippen LogP contribution < -0.4 is 0 Å². The maximum absolute atomic E-state index is 11.6. The fraction of sp³-hybridized carbons (Fsp3) is 0.312. The number of pyridine rings is 1. The first-order valence-electron chi connectivity index (χ1n) is 6.44. The molecule has 3 nitrogen and oxygen atoms in total. The van der Waals surface area contributed by atoms with Crippen molar-refractivity contribution in [3.05, 3.63) is 48.3 Å². The molecule has 0 aliphatic carbocycles. The minimum atomic E-state index is -3.23. The van der Waals surface area contributed by atoms with E-state index in [4.69, 9.17) is 0 Å². The molecule has 1 aromatic carbocycles. The molecule has 1 aromatic heterocycles. The van der Waals surface area contributed by atoms with Crippen LogP contribution in [0.3, 0.4) is 0 Å². The van der Waals surface area contributed by atoms with E-state index in [0.717, 1.165) is 11.1 Å². The van der Waals surface area contributed by atoms with Crippen molar-refractivity contribution < 1.29 is 8.42 Å². The van der Waals surface area contributed by atoms with E-state index in [0.29, 0.717) is 0 Å². The van der Waals surface area contributed by atoms with Crippen molar-refractivity contribution in [3.8, 4) is 11.1 Å². The summed E-state index contributed by atoms with van der Waals surface area (Å²) in [5, 5.41) is 0. The molecule has 2 aromatic rings. The van der Waals surface area contributed by atoms with Crippen LogP contribution in [0.2, 0.25) is 0 Å². The normalized spacial score (nSPS) is 12.4. The van der Waals surface area contributed by atoms with E-state index in [1.165, 1.54) is 18.0 Å². The summed E-state index contributed by atoms with van der Waals surface area (Å²) in [4.78, 5) is 4.29. The van der Waals surface area contributed by atoms with Gasteiger partial charge in [0.2, 0.25) is 0 Å². The van der Waals surface area contributed by atoms with Crippen LogP contribution in [0.5, 0.6) is 0 Å². The summed E-state index contributed by atoms with van der Waals surface area (Å²) < 4.78 is 23.2. The Labute approximate surface area is 120 Å². The lowest BCUT2D eigenvalue weighted by Crippen LogP contribution is -2.10. The zero-order valence-electron chi connectivity index (χ0n) is 12.2. The lowest BCUT2D eigenvalue weighted by molar-refractivity contribution is 0.590. The Bertz CT molecular complexity index is 728. The number of rotatable bonds is 2. The molecule has 20 heavy (non-hydrogen) atoms. The molecule has 0 aliphatic heterocycles. The van der Waals surface area contributed by atoms with Gasteiger partial charge in [0.15, 0.2) is 9.84 Å². The number of benzene rings is 1. The molecule has 0 spiro atoms. The summed E-state index contributed by atoms with van der Waals surface area (Å²) in [6.07, 6.45) is 4.27. The summed E-state index contributed by atoms with van der Waals surface area (Å²) in [7, 11) is -3.23. The van der Waals surface area contributed by atoms with E-state index < -0.39 is 9.84 Å². The molecule has 2 rings (SSSR count). The van der Waals surface area contributed by atoms with Crippen LogP contribution in [-0.2, 0) is 15.3 Å². The third kappa shape index (κ3) is 3.25. The molecule has 0 radical (unpaired) electrons. The Morgan fingerprint density at radius 1 is 1.00 bits per heavy atom.